The Labute approximate surface area is 128 Å². The summed E-state index contributed by atoms with van der Waals surface area (Å²) in [5.41, 5.74) is 1.58. The van der Waals surface area contributed by atoms with Crippen LogP contribution in [0.5, 0.6) is 0 Å². The van der Waals surface area contributed by atoms with Gasteiger partial charge in [0.05, 0.1) is 28.0 Å². The van der Waals surface area contributed by atoms with E-state index < -0.39 is 5.97 Å². The topological polar surface area (TPSA) is 44.1 Å². The van der Waals surface area contributed by atoms with Crippen LogP contribution < -0.4 is 0 Å². The van der Waals surface area contributed by atoms with E-state index >= 15 is 0 Å². The highest BCUT2D eigenvalue weighted by Gasteiger charge is 2.21. The number of rotatable bonds is 2. The number of carbonyl (C=O) groups excluding carboxylic acids is 1. The molecular formula is C12H9BrCl2N2O2. The second-order valence-corrected chi connectivity index (χ2v) is 5.38. The van der Waals surface area contributed by atoms with Gasteiger partial charge >= 0.3 is 5.97 Å². The molecule has 0 atom stereocenters. The average molecular weight is 364 g/mol. The van der Waals surface area contributed by atoms with Gasteiger partial charge in [0, 0.05) is 5.02 Å². The van der Waals surface area contributed by atoms with Crippen LogP contribution in [0.25, 0.3) is 5.69 Å². The van der Waals surface area contributed by atoms with Gasteiger partial charge in [0.1, 0.15) is 0 Å². The molecule has 2 aromatic rings. The van der Waals surface area contributed by atoms with Crippen LogP contribution in [0.2, 0.25) is 10.0 Å². The summed E-state index contributed by atoms with van der Waals surface area (Å²) in [6, 6.07) is 5.05. The predicted octanol–water partition coefficient (Wildman–Crippen LogP) is 4.04. The lowest BCUT2D eigenvalue weighted by Crippen LogP contribution is -2.05. The summed E-state index contributed by atoms with van der Waals surface area (Å²) >= 11 is 15.3. The Morgan fingerprint density at radius 2 is 2.11 bits per heavy atom. The number of hydrogen-bond acceptors (Lipinski definition) is 3. The molecule has 1 aromatic carbocycles. The monoisotopic (exact) mass is 362 g/mol. The first-order valence-electron chi connectivity index (χ1n) is 5.24. The Morgan fingerprint density at radius 1 is 1.42 bits per heavy atom. The third-order valence-electron chi connectivity index (χ3n) is 2.56. The van der Waals surface area contributed by atoms with Crippen molar-refractivity contribution in [2.45, 2.75) is 6.92 Å². The number of aromatic nitrogens is 2. The van der Waals surface area contributed by atoms with Gasteiger partial charge in [0.25, 0.3) is 0 Å². The summed E-state index contributed by atoms with van der Waals surface area (Å²) in [5.74, 6) is -0.515. The number of ether oxygens (including phenoxy) is 1. The van der Waals surface area contributed by atoms with Crippen molar-refractivity contribution in [3.63, 3.8) is 0 Å². The minimum absolute atomic E-state index is 0.200. The standard InChI is InChI=1S/C12H9BrCl2N2O2/c1-6-10(13)11(12(18)19-2)16-17(6)9-4-3-7(14)5-8(9)15/h3-5H,1-2H3. The van der Waals surface area contributed by atoms with Gasteiger partial charge in [-0.15, -0.1) is 0 Å². The van der Waals surface area contributed by atoms with E-state index in [4.69, 9.17) is 23.2 Å². The molecule has 19 heavy (non-hydrogen) atoms. The van der Waals surface area contributed by atoms with E-state index in [0.717, 1.165) is 5.69 Å². The van der Waals surface area contributed by atoms with Gasteiger partial charge in [-0.05, 0) is 41.1 Å². The van der Waals surface area contributed by atoms with E-state index in [0.29, 0.717) is 20.2 Å². The van der Waals surface area contributed by atoms with Crippen molar-refractivity contribution in [1.82, 2.24) is 9.78 Å². The van der Waals surface area contributed by atoms with Gasteiger partial charge < -0.3 is 4.74 Å². The van der Waals surface area contributed by atoms with Crippen LogP contribution in [0, 0.1) is 6.92 Å². The first kappa shape index (κ1) is 14.4. The Morgan fingerprint density at radius 3 is 2.68 bits per heavy atom. The Hall–Kier alpha value is -1.04. The quantitative estimate of drug-likeness (QED) is 0.756. The van der Waals surface area contributed by atoms with Crippen LogP contribution in [-0.4, -0.2) is 22.9 Å². The minimum Gasteiger partial charge on any atom is -0.464 e. The van der Waals surface area contributed by atoms with Gasteiger partial charge in [0.15, 0.2) is 5.69 Å². The number of nitrogens with zero attached hydrogens (tertiary/aromatic N) is 2. The van der Waals surface area contributed by atoms with Crippen LogP contribution in [0.15, 0.2) is 22.7 Å². The summed E-state index contributed by atoms with van der Waals surface area (Å²) in [7, 11) is 1.30. The van der Waals surface area contributed by atoms with Gasteiger partial charge in [0.2, 0.25) is 0 Å². The van der Waals surface area contributed by atoms with Crippen molar-refractivity contribution < 1.29 is 9.53 Å². The van der Waals surface area contributed by atoms with Crippen LogP contribution in [0.4, 0.5) is 0 Å². The molecule has 100 valence electrons. The molecule has 0 saturated heterocycles. The first-order valence-corrected chi connectivity index (χ1v) is 6.79. The molecule has 0 fully saturated rings. The summed E-state index contributed by atoms with van der Waals surface area (Å²) < 4.78 is 6.81. The zero-order valence-corrected chi connectivity index (χ0v) is 13.2. The molecule has 1 heterocycles. The highest BCUT2D eigenvalue weighted by molar-refractivity contribution is 9.10. The average Bonchev–Trinajstić information content (AvgIpc) is 2.66. The largest absolute Gasteiger partial charge is 0.464 e. The van der Waals surface area contributed by atoms with Crippen LogP contribution in [0.1, 0.15) is 16.2 Å². The highest BCUT2D eigenvalue weighted by atomic mass is 79.9. The maximum Gasteiger partial charge on any atom is 0.359 e. The molecule has 4 nitrogen and oxygen atoms in total. The lowest BCUT2D eigenvalue weighted by Gasteiger charge is -2.06. The fourth-order valence-corrected chi connectivity index (χ4v) is 2.50. The number of esters is 1. The molecule has 0 aliphatic carbocycles. The molecule has 0 aliphatic heterocycles. The second-order valence-electron chi connectivity index (χ2n) is 3.75. The van der Waals surface area contributed by atoms with E-state index in [1.165, 1.54) is 7.11 Å². The summed E-state index contributed by atoms with van der Waals surface area (Å²) in [6.07, 6.45) is 0. The minimum atomic E-state index is -0.515. The fourth-order valence-electron chi connectivity index (χ4n) is 1.60. The molecule has 7 heteroatoms. The van der Waals surface area contributed by atoms with Crippen LogP contribution in [0.3, 0.4) is 0 Å². The Balaban J connectivity index is 2.60. The van der Waals surface area contributed by atoms with E-state index in [1.807, 2.05) is 6.92 Å². The normalized spacial score (nSPS) is 10.6. The lowest BCUT2D eigenvalue weighted by molar-refractivity contribution is 0.0592. The van der Waals surface area contributed by atoms with Crippen molar-refractivity contribution in [1.29, 1.82) is 0 Å². The van der Waals surface area contributed by atoms with Crippen molar-refractivity contribution in [2.75, 3.05) is 7.11 Å². The van der Waals surface area contributed by atoms with Crippen molar-refractivity contribution in [3.8, 4) is 5.69 Å². The molecule has 0 aliphatic rings. The molecule has 0 saturated carbocycles. The number of hydrogen-bond donors (Lipinski definition) is 0. The molecule has 0 N–H and O–H groups in total. The van der Waals surface area contributed by atoms with E-state index in [-0.39, 0.29) is 5.69 Å². The predicted molar refractivity (Wildman–Crippen MR) is 77.4 cm³/mol. The zero-order chi connectivity index (χ0) is 14.2. The molecule has 2 rings (SSSR count). The Bertz CT molecular complexity index is 655. The van der Waals surface area contributed by atoms with Crippen LogP contribution in [-0.2, 0) is 4.74 Å². The fraction of sp³-hybridized carbons (Fsp3) is 0.167. The number of methoxy groups -OCH3 is 1. The van der Waals surface area contributed by atoms with Crippen molar-refractivity contribution in [2.24, 2.45) is 0 Å². The van der Waals surface area contributed by atoms with Crippen molar-refractivity contribution in [3.05, 3.63) is 44.1 Å². The zero-order valence-electron chi connectivity index (χ0n) is 10.1. The second kappa shape index (κ2) is 5.53. The smallest absolute Gasteiger partial charge is 0.359 e. The lowest BCUT2D eigenvalue weighted by atomic mass is 10.3. The van der Waals surface area contributed by atoms with Gasteiger partial charge in [-0.25, -0.2) is 9.48 Å². The van der Waals surface area contributed by atoms with Gasteiger partial charge in [-0.1, -0.05) is 23.2 Å². The molecule has 1 aromatic heterocycles. The Kier molecular flexibility index (Phi) is 4.18. The number of halogens is 3. The number of benzene rings is 1. The highest BCUT2D eigenvalue weighted by Crippen LogP contribution is 2.29. The maximum absolute atomic E-state index is 11.6. The molecule has 0 radical (unpaired) electrons. The molecule has 0 spiro atoms. The summed E-state index contributed by atoms with van der Waals surface area (Å²) in [6.45, 7) is 1.81. The van der Waals surface area contributed by atoms with Gasteiger partial charge in [-0.3, -0.25) is 0 Å². The van der Waals surface area contributed by atoms with E-state index in [9.17, 15) is 4.79 Å². The van der Waals surface area contributed by atoms with Gasteiger partial charge in [-0.2, -0.15) is 5.10 Å². The van der Waals surface area contributed by atoms with Crippen molar-refractivity contribution >= 4 is 45.1 Å². The van der Waals surface area contributed by atoms with Crippen LogP contribution >= 0.6 is 39.1 Å². The SMILES string of the molecule is COC(=O)c1nn(-c2ccc(Cl)cc2Cl)c(C)c1Br. The third-order valence-corrected chi connectivity index (χ3v) is 4.05. The molecule has 0 bridgehead atoms. The molecule has 0 unspecified atom stereocenters. The molecule has 0 amide bonds. The molecular weight excluding hydrogens is 355 g/mol. The summed E-state index contributed by atoms with van der Waals surface area (Å²) in [4.78, 5) is 11.6. The number of carbonyl (C=O) groups is 1. The summed E-state index contributed by atoms with van der Waals surface area (Å²) in [5, 5.41) is 5.19. The first-order chi connectivity index (χ1) is 8.95. The van der Waals surface area contributed by atoms with E-state index in [2.05, 4.69) is 25.8 Å². The third kappa shape index (κ3) is 2.63. The maximum atomic E-state index is 11.6. The van der Waals surface area contributed by atoms with E-state index in [1.54, 1.807) is 22.9 Å².